The van der Waals surface area contributed by atoms with Gasteiger partial charge in [-0.1, -0.05) is 0 Å². The van der Waals surface area contributed by atoms with Gasteiger partial charge in [0.05, 0.1) is 12.8 Å². The summed E-state index contributed by atoms with van der Waals surface area (Å²) in [6.07, 6.45) is 2.73. The van der Waals surface area contributed by atoms with Crippen LogP contribution in [0.25, 0.3) is 0 Å². The predicted molar refractivity (Wildman–Crippen MR) is 52.0 cm³/mol. The van der Waals surface area contributed by atoms with E-state index < -0.39 is 6.09 Å². The Bertz CT molecular complexity index is 335. The van der Waals surface area contributed by atoms with E-state index in [1.54, 1.807) is 31.5 Å². The molecule has 1 heterocycles. The van der Waals surface area contributed by atoms with E-state index >= 15 is 0 Å². The maximum Gasteiger partial charge on any atom is 0.427 e. The third-order valence-electron chi connectivity index (χ3n) is 1.60. The van der Waals surface area contributed by atoms with Crippen molar-refractivity contribution in [2.24, 2.45) is 5.10 Å². The van der Waals surface area contributed by atoms with Gasteiger partial charge in [0.15, 0.2) is 0 Å². The van der Waals surface area contributed by atoms with Gasteiger partial charge in [-0.25, -0.2) is 10.2 Å². The van der Waals surface area contributed by atoms with E-state index in [1.165, 1.54) is 7.11 Å². The molecule has 0 radical (unpaired) electrons. The fraction of sp³-hybridized carbons (Fsp3) is 0.222. The first-order chi connectivity index (χ1) is 6.74. The molecule has 0 spiro atoms. The zero-order valence-electron chi connectivity index (χ0n) is 8.02. The summed E-state index contributed by atoms with van der Waals surface area (Å²) in [6, 6.07) is 3.61. The molecular formula is C9H11N3O2. The third kappa shape index (κ3) is 2.85. The minimum atomic E-state index is -0.585. The van der Waals surface area contributed by atoms with E-state index in [0.717, 1.165) is 5.56 Å². The number of nitrogens with zero attached hydrogens (tertiary/aromatic N) is 2. The van der Waals surface area contributed by atoms with Crippen LogP contribution in [0.4, 0.5) is 4.79 Å². The van der Waals surface area contributed by atoms with Crippen LogP contribution in [-0.2, 0) is 4.74 Å². The molecule has 1 N–H and O–H groups in total. The van der Waals surface area contributed by atoms with Crippen molar-refractivity contribution in [1.29, 1.82) is 0 Å². The number of aromatic nitrogens is 1. The van der Waals surface area contributed by atoms with Crippen molar-refractivity contribution in [2.45, 2.75) is 6.92 Å². The predicted octanol–water partition coefficient (Wildman–Crippen LogP) is 1.16. The second kappa shape index (κ2) is 4.96. The molecule has 0 bridgehead atoms. The van der Waals surface area contributed by atoms with Crippen LogP contribution in [0.3, 0.4) is 0 Å². The van der Waals surface area contributed by atoms with Gasteiger partial charge in [-0.15, -0.1) is 0 Å². The van der Waals surface area contributed by atoms with Gasteiger partial charge in [-0.2, -0.15) is 5.10 Å². The number of hydrogen-bond acceptors (Lipinski definition) is 4. The summed E-state index contributed by atoms with van der Waals surface area (Å²) < 4.78 is 4.37. The molecule has 0 fully saturated rings. The summed E-state index contributed by atoms with van der Waals surface area (Å²) in [5, 5.41) is 3.83. The quantitative estimate of drug-likeness (QED) is 0.566. The maximum atomic E-state index is 10.7. The van der Waals surface area contributed by atoms with Crippen LogP contribution in [0.2, 0.25) is 0 Å². The van der Waals surface area contributed by atoms with Crippen LogP contribution in [-0.4, -0.2) is 23.9 Å². The minimum Gasteiger partial charge on any atom is -0.452 e. The van der Waals surface area contributed by atoms with Crippen molar-refractivity contribution >= 4 is 11.8 Å². The second-order valence-corrected chi connectivity index (χ2v) is 2.54. The Morgan fingerprint density at radius 1 is 1.50 bits per heavy atom. The van der Waals surface area contributed by atoms with Crippen LogP contribution in [0, 0.1) is 0 Å². The Morgan fingerprint density at radius 2 is 2.14 bits per heavy atom. The Morgan fingerprint density at radius 3 is 2.71 bits per heavy atom. The van der Waals surface area contributed by atoms with Gasteiger partial charge in [0.1, 0.15) is 0 Å². The van der Waals surface area contributed by atoms with Crippen molar-refractivity contribution in [3.05, 3.63) is 30.1 Å². The minimum absolute atomic E-state index is 0.585. The van der Waals surface area contributed by atoms with Crippen LogP contribution >= 0.6 is 0 Å². The Balaban J connectivity index is 2.66. The number of carbonyl (C=O) groups excluding carboxylic acids is 1. The molecule has 0 unspecified atom stereocenters. The number of carbonyl (C=O) groups is 1. The molecule has 5 nitrogen and oxygen atoms in total. The number of hydrazone groups is 1. The lowest BCUT2D eigenvalue weighted by atomic mass is 10.2. The number of rotatable bonds is 2. The van der Waals surface area contributed by atoms with E-state index in [9.17, 15) is 4.79 Å². The highest BCUT2D eigenvalue weighted by molar-refractivity contribution is 5.98. The van der Waals surface area contributed by atoms with Crippen LogP contribution in [0.15, 0.2) is 29.6 Å². The first-order valence-corrected chi connectivity index (χ1v) is 4.02. The van der Waals surface area contributed by atoms with Crippen LogP contribution in [0.5, 0.6) is 0 Å². The molecular weight excluding hydrogens is 182 g/mol. The van der Waals surface area contributed by atoms with Gasteiger partial charge in [-0.3, -0.25) is 4.98 Å². The SMILES string of the molecule is COC(=O)N/N=C(/C)c1ccncc1. The maximum absolute atomic E-state index is 10.7. The van der Waals surface area contributed by atoms with Crippen molar-refractivity contribution in [1.82, 2.24) is 10.4 Å². The number of pyridine rings is 1. The molecule has 1 aromatic rings. The molecule has 0 aliphatic rings. The molecule has 0 saturated heterocycles. The summed E-state index contributed by atoms with van der Waals surface area (Å²) in [5.74, 6) is 0. The average molecular weight is 193 g/mol. The van der Waals surface area contributed by atoms with Gasteiger partial charge in [0.25, 0.3) is 0 Å². The highest BCUT2D eigenvalue weighted by atomic mass is 16.5. The Hall–Kier alpha value is -1.91. The molecule has 5 heteroatoms. The van der Waals surface area contributed by atoms with E-state index in [-0.39, 0.29) is 0 Å². The Labute approximate surface area is 81.8 Å². The van der Waals surface area contributed by atoms with Crippen LogP contribution < -0.4 is 5.43 Å². The van der Waals surface area contributed by atoms with Gasteiger partial charge in [-0.05, 0) is 19.1 Å². The van der Waals surface area contributed by atoms with E-state index in [4.69, 9.17) is 0 Å². The highest BCUT2D eigenvalue weighted by Gasteiger charge is 1.98. The zero-order chi connectivity index (χ0) is 10.4. The normalized spacial score (nSPS) is 10.9. The van der Waals surface area contributed by atoms with Gasteiger partial charge in [0, 0.05) is 18.0 Å². The fourth-order valence-corrected chi connectivity index (χ4v) is 0.833. The standard InChI is InChI=1S/C9H11N3O2/c1-7(11-12-9(13)14-2)8-3-5-10-6-4-8/h3-6H,1-2H3,(H,12,13)/b11-7-. The number of methoxy groups -OCH3 is 1. The summed E-state index contributed by atoms with van der Waals surface area (Å²) in [6.45, 7) is 1.78. The summed E-state index contributed by atoms with van der Waals surface area (Å²) in [5.41, 5.74) is 3.83. The monoisotopic (exact) mass is 193 g/mol. The van der Waals surface area contributed by atoms with Gasteiger partial charge in [0.2, 0.25) is 0 Å². The number of nitrogens with one attached hydrogen (secondary N) is 1. The van der Waals surface area contributed by atoms with Gasteiger partial charge < -0.3 is 4.74 Å². The van der Waals surface area contributed by atoms with E-state index in [0.29, 0.717) is 5.71 Å². The summed E-state index contributed by atoms with van der Waals surface area (Å²) >= 11 is 0. The smallest absolute Gasteiger partial charge is 0.427 e. The van der Waals surface area contributed by atoms with Crippen molar-refractivity contribution in [3.63, 3.8) is 0 Å². The second-order valence-electron chi connectivity index (χ2n) is 2.54. The number of hydrogen-bond donors (Lipinski definition) is 1. The third-order valence-corrected chi connectivity index (χ3v) is 1.60. The molecule has 1 aromatic heterocycles. The number of ether oxygens (including phenoxy) is 1. The summed E-state index contributed by atoms with van der Waals surface area (Å²) in [7, 11) is 1.28. The lowest BCUT2D eigenvalue weighted by molar-refractivity contribution is 0.171. The van der Waals surface area contributed by atoms with E-state index in [2.05, 4.69) is 20.2 Å². The largest absolute Gasteiger partial charge is 0.452 e. The molecule has 74 valence electrons. The lowest BCUT2D eigenvalue weighted by Gasteiger charge is -2.00. The molecule has 1 amide bonds. The number of amides is 1. The summed E-state index contributed by atoms with van der Waals surface area (Å²) in [4.78, 5) is 14.6. The molecule has 0 saturated carbocycles. The molecule has 0 aromatic carbocycles. The molecule has 0 aliphatic carbocycles. The van der Waals surface area contributed by atoms with Gasteiger partial charge >= 0.3 is 6.09 Å². The molecule has 0 aliphatic heterocycles. The first-order valence-electron chi connectivity index (χ1n) is 4.02. The average Bonchev–Trinajstić information content (AvgIpc) is 2.26. The van der Waals surface area contributed by atoms with Crippen molar-refractivity contribution < 1.29 is 9.53 Å². The van der Waals surface area contributed by atoms with Crippen LogP contribution in [0.1, 0.15) is 12.5 Å². The van der Waals surface area contributed by atoms with Crippen molar-refractivity contribution in [3.8, 4) is 0 Å². The lowest BCUT2D eigenvalue weighted by Crippen LogP contribution is -2.18. The molecule has 0 atom stereocenters. The molecule has 1 rings (SSSR count). The topological polar surface area (TPSA) is 63.6 Å². The van der Waals surface area contributed by atoms with Crippen molar-refractivity contribution in [2.75, 3.05) is 7.11 Å². The highest BCUT2D eigenvalue weighted by Crippen LogP contribution is 1.97. The zero-order valence-corrected chi connectivity index (χ0v) is 8.02. The Kier molecular flexibility index (Phi) is 3.60. The first kappa shape index (κ1) is 10.2. The molecule has 14 heavy (non-hydrogen) atoms. The van der Waals surface area contributed by atoms with E-state index in [1.807, 2.05) is 0 Å². The fourth-order valence-electron chi connectivity index (χ4n) is 0.833.